The van der Waals surface area contributed by atoms with Crippen LogP contribution in [0.2, 0.25) is 0 Å². The first-order valence-corrected chi connectivity index (χ1v) is 1.02. The predicted octanol–water partition coefficient (Wildman–Crippen LogP) is -8.99. The minimum atomic E-state index is 0. The van der Waals surface area contributed by atoms with Crippen molar-refractivity contribution in [2.45, 2.75) is 6.92 Å². The Hall–Kier alpha value is 2.76. The molecular formula is C2H6Br3OPr. The number of halogens is 3. The summed E-state index contributed by atoms with van der Waals surface area (Å²) >= 11 is 0. The molecule has 0 bridgehead atoms. The molecule has 5 heteroatoms. The van der Waals surface area contributed by atoms with E-state index in [1.54, 1.807) is 6.92 Å². The fourth-order valence-corrected chi connectivity index (χ4v) is 0. The average Bonchev–Trinajstić information content (AvgIpc) is 0.918. The van der Waals surface area contributed by atoms with E-state index in [9.17, 15) is 0 Å². The maximum absolute atomic E-state index is 7.57. The maximum Gasteiger partial charge on any atom is 3.00 e. The second kappa shape index (κ2) is 37.3. The molecule has 0 unspecified atom stereocenters. The molecular weight excluding hydrogens is 421 g/mol. The van der Waals surface area contributed by atoms with Gasteiger partial charge < -0.3 is 56.1 Å². The Bertz CT molecular complexity index is 12.9. The van der Waals surface area contributed by atoms with Crippen molar-refractivity contribution in [1.29, 1.82) is 0 Å². The van der Waals surface area contributed by atoms with Gasteiger partial charge in [0, 0.05) is 6.61 Å². The Kier molecular flexibility index (Phi) is 176. The molecule has 0 aliphatic carbocycles. The molecule has 0 aliphatic rings. The number of hydrogen-bond acceptors (Lipinski definition) is 1. The van der Waals surface area contributed by atoms with Crippen LogP contribution in [0, 0.1) is 41.3 Å². The van der Waals surface area contributed by atoms with E-state index >= 15 is 0 Å². The molecule has 0 saturated heterocycles. The first-order chi connectivity index (χ1) is 1.41. The Morgan fingerprint density at radius 3 is 1.14 bits per heavy atom. The number of hydrogen-bond donors (Lipinski definition) is 1. The Labute approximate surface area is 109 Å². The van der Waals surface area contributed by atoms with Crippen molar-refractivity contribution >= 4 is 0 Å². The number of aliphatic hydroxyl groups is 1. The van der Waals surface area contributed by atoms with E-state index in [1.165, 1.54) is 0 Å². The maximum atomic E-state index is 7.57. The van der Waals surface area contributed by atoms with Crippen LogP contribution in [-0.2, 0) is 0 Å². The summed E-state index contributed by atoms with van der Waals surface area (Å²) in [7, 11) is 0. The molecule has 0 spiro atoms. The zero-order valence-corrected chi connectivity index (χ0v) is 12.3. The van der Waals surface area contributed by atoms with Crippen LogP contribution in [0.15, 0.2) is 0 Å². The van der Waals surface area contributed by atoms with Gasteiger partial charge in [-0.3, -0.25) is 0 Å². The summed E-state index contributed by atoms with van der Waals surface area (Å²) in [5.74, 6) is 0. The van der Waals surface area contributed by atoms with E-state index < -0.39 is 0 Å². The minimum absolute atomic E-state index is 0. The van der Waals surface area contributed by atoms with Crippen LogP contribution in [-0.4, -0.2) is 11.7 Å². The van der Waals surface area contributed by atoms with Gasteiger partial charge in [0.2, 0.25) is 0 Å². The third-order valence-electron chi connectivity index (χ3n) is 0. The molecule has 0 heterocycles. The van der Waals surface area contributed by atoms with E-state index in [1.807, 2.05) is 0 Å². The summed E-state index contributed by atoms with van der Waals surface area (Å²) < 4.78 is 0. The second-order valence-corrected chi connectivity index (χ2v) is 0.316. The predicted molar refractivity (Wildman–Crippen MR) is 12.8 cm³/mol. The molecule has 0 aromatic carbocycles. The van der Waals surface area contributed by atoms with E-state index in [2.05, 4.69) is 0 Å². The smallest absolute Gasteiger partial charge is 1.00 e. The van der Waals surface area contributed by atoms with Gasteiger partial charge in [-0.25, -0.2) is 0 Å². The Balaban J connectivity index is -0.00000000333. The molecule has 7 heavy (non-hydrogen) atoms. The zero-order chi connectivity index (χ0) is 2.71. The van der Waals surface area contributed by atoms with Crippen molar-refractivity contribution in [3.05, 3.63) is 0 Å². The molecule has 44 valence electrons. The van der Waals surface area contributed by atoms with Crippen molar-refractivity contribution in [2.75, 3.05) is 6.61 Å². The van der Waals surface area contributed by atoms with Crippen molar-refractivity contribution in [1.82, 2.24) is 0 Å². The van der Waals surface area contributed by atoms with E-state index in [4.69, 9.17) is 5.11 Å². The topological polar surface area (TPSA) is 20.2 Å². The summed E-state index contributed by atoms with van der Waals surface area (Å²) in [5, 5.41) is 7.57. The molecule has 0 saturated carbocycles. The molecule has 1 nitrogen and oxygen atoms in total. The number of aliphatic hydroxyl groups excluding tert-OH is 1. The van der Waals surface area contributed by atoms with Gasteiger partial charge in [-0.15, -0.1) is 0 Å². The van der Waals surface area contributed by atoms with Crippen molar-refractivity contribution in [2.24, 2.45) is 0 Å². The fourth-order valence-electron chi connectivity index (χ4n) is 0. The van der Waals surface area contributed by atoms with Gasteiger partial charge in [0.25, 0.3) is 0 Å². The molecule has 0 aromatic rings. The fraction of sp³-hybridized carbons (Fsp3) is 1.00. The summed E-state index contributed by atoms with van der Waals surface area (Å²) in [6, 6.07) is 0. The Morgan fingerprint density at radius 1 is 1.14 bits per heavy atom. The molecule has 0 rings (SSSR count). The van der Waals surface area contributed by atoms with Crippen LogP contribution >= 0.6 is 0 Å². The van der Waals surface area contributed by atoms with Crippen LogP contribution in [0.3, 0.4) is 0 Å². The first-order valence-electron chi connectivity index (χ1n) is 1.02. The molecule has 0 aromatic heterocycles. The number of rotatable bonds is 0. The normalized spacial score (nSPS) is 2.57. The third-order valence-corrected chi connectivity index (χ3v) is 0. The molecule has 0 radical (unpaired) electrons. The van der Waals surface area contributed by atoms with Crippen LogP contribution in [0.25, 0.3) is 0 Å². The van der Waals surface area contributed by atoms with E-state index in [0.29, 0.717) is 0 Å². The van der Waals surface area contributed by atoms with Gasteiger partial charge >= 0.3 is 41.3 Å². The second-order valence-electron chi connectivity index (χ2n) is 0.316. The Morgan fingerprint density at radius 2 is 1.14 bits per heavy atom. The van der Waals surface area contributed by atoms with Crippen molar-refractivity contribution in [3.63, 3.8) is 0 Å². The first kappa shape index (κ1) is 33.0. The SMILES string of the molecule is CCO.[Br-].[Br-].[Br-].[Pr+3]. The van der Waals surface area contributed by atoms with Gasteiger partial charge in [0.1, 0.15) is 0 Å². The summed E-state index contributed by atoms with van der Waals surface area (Å²) in [6.07, 6.45) is 0. The van der Waals surface area contributed by atoms with E-state index in [0.717, 1.165) is 0 Å². The van der Waals surface area contributed by atoms with Crippen LogP contribution in [0.5, 0.6) is 0 Å². The largest absolute Gasteiger partial charge is 3.00 e. The summed E-state index contributed by atoms with van der Waals surface area (Å²) in [4.78, 5) is 0. The van der Waals surface area contributed by atoms with Crippen LogP contribution in [0.4, 0.5) is 0 Å². The quantitative estimate of drug-likeness (QED) is 0.408. The van der Waals surface area contributed by atoms with Gasteiger partial charge in [0.05, 0.1) is 0 Å². The molecule has 0 fully saturated rings. The van der Waals surface area contributed by atoms with Gasteiger partial charge in [0.15, 0.2) is 0 Å². The molecule has 0 atom stereocenters. The van der Waals surface area contributed by atoms with Gasteiger partial charge in [-0.1, -0.05) is 0 Å². The van der Waals surface area contributed by atoms with Gasteiger partial charge in [-0.2, -0.15) is 0 Å². The third kappa shape index (κ3) is 52.5. The average molecular weight is 427 g/mol. The zero-order valence-electron chi connectivity index (χ0n) is 3.87. The van der Waals surface area contributed by atoms with Crippen molar-refractivity contribution < 1.29 is 97.3 Å². The standard InChI is InChI=1S/C2H6O.3BrH.Pr/c1-2-3;;;;/h3H,2H2,1H3;3*1H;/q;;;;+3/p-3. The summed E-state index contributed by atoms with van der Waals surface area (Å²) in [6.45, 7) is 1.93. The van der Waals surface area contributed by atoms with Gasteiger partial charge in [-0.05, 0) is 6.92 Å². The van der Waals surface area contributed by atoms with Crippen LogP contribution in [0.1, 0.15) is 6.92 Å². The monoisotopic (exact) mass is 424 g/mol. The molecule has 1 N–H and O–H groups in total. The van der Waals surface area contributed by atoms with E-state index in [-0.39, 0.29) is 98.8 Å². The molecule has 0 aliphatic heterocycles. The van der Waals surface area contributed by atoms with Crippen molar-refractivity contribution in [3.8, 4) is 0 Å². The minimum Gasteiger partial charge on any atom is -1.00 e. The van der Waals surface area contributed by atoms with Crippen LogP contribution < -0.4 is 50.9 Å². The summed E-state index contributed by atoms with van der Waals surface area (Å²) in [5.41, 5.74) is 0. The molecule has 0 amide bonds.